The molecule has 0 heterocycles. The highest BCUT2D eigenvalue weighted by molar-refractivity contribution is 5.99. The van der Waals surface area contributed by atoms with Gasteiger partial charge >= 0.3 is 5.97 Å². The lowest BCUT2D eigenvalue weighted by Gasteiger charge is -2.29. The average molecular weight is 184 g/mol. The zero-order chi connectivity index (χ0) is 10.0. The molecule has 13 heavy (non-hydrogen) atoms. The van der Waals surface area contributed by atoms with Crippen molar-refractivity contribution in [2.45, 2.75) is 26.7 Å². The molecule has 1 rings (SSSR count). The van der Waals surface area contributed by atoms with E-state index in [1.807, 2.05) is 13.8 Å². The van der Waals surface area contributed by atoms with Crippen LogP contribution in [-0.4, -0.2) is 18.9 Å². The number of carbonyl (C=O) groups excluding carboxylic acids is 2. The minimum atomic E-state index is -0.513. The van der Waals surface area contributed by atoms with Gasteiger partial charge < -0.3 is 4.74 Å². The molecule has 74 valence electrons. The second kappa shape index (κ2) is 3.90. The van der Waals surface area contributed by atoms with E-state index in [1.165, 1.54) is 7.11 Å². The fraction of sp³-hybridized carbons (Fsp3) is 0.800. The predicted octanol–water partition coefficient (Wildman–Crippen LogP) is 1.41. The first-order chi connectivity index (χ1) is 6.06. The fourth-order valence-corrected chi connectivity index (χ4v) is 2.13. The molecule has 1 unspecified atom stereocenters. The Hall–Kier alpha value is -0.860. The van der Waals surface area contributed by atoms with Gasteiger partial charge in [0, 0.05) is 6.42 Å². The van der Waals surface area contributed by atoms with Crippen LogP contribution in [0, 0.1) is 17.8 Å². The summed E-state index contributed by atoms with van der Waals surface area (Å²) in [5.74, 6) is -0.309. The Morgan fingerprint density at radius 3 is 2.54 bits per heavy atom. The lowest BCUT2D eigenvalue weighted by Crippen LogP contribution is -2.37. The van der Waals surface area contributed by atoms with Gasteiger partial charge in [0.25, 0.3) is 0 Å². The molecule has 1 aliphatic carbocycles. The van der Waals surface area contributed by atoms with Crippen LogP contribution in [0.3, 0.4) is 0 Å². The number of esters is 1. The number of Topliss-reactive ketones (excluding diaryl/α,β-unsaturated/α-hetero) is 1. The quantitative estimate of drug-likeness (QED) is 0.457. The zero-order valence-corrected chi connectivity index (χ0v) is 8.37. The fourth-order valence-electron chi connectivity index (χ4n) is 2.13. The molecule has 3 atom stereocenters. The number of carbonyl (C=O) groups is 2. The molecule has 0 radical (unpaired) electrons. The number of ether oxygens (including phenoxy) is 1. The van der Waals surface area contributed by atoms with E-state index in [9.17, 15) is 9.59 Å². The zero-order valence-electron chi connectivity index (χ0n) is 8.37. The van der Waals surface area contributed by atoms with Crippen molar-refractivity contribution in [1.82, 2.24) is 0 Å². The van der Waals surface area contributed by atoms with Gasteiger partial charge in [-0.15, -0.1) is 0 Å². The second-order valence-corrected chi connectivity index (χ2v) is 3.99. The molecule has 0 aromatic carbocycles. The van der Waals surface area contributed by atoms with Gasteiger partial charge in [0.15, 0.2) is 0 Å². The van der Waals surface area contributed by atoms with Crippen LogP contribution in [-0.2, 0) is 14.3 Å². The molecule has 3 heteroatoms. The molecule has 0 bridgehead atoms. The van der Waals surface area contributed by atoms with Crippen LogP contribution < -0.4 is 0 Å². The van der Waals surface area contributed by atoms with E-state index in [-0.39, 0.29) is 17.7 Å². The van der Waals surface area contributed by atoms with E-state index in [1.54, 1.807) is 0 Å². The summed E-state index contributed by atoms with van der Waals surface area (Å²) in [6, 6.07) is 0. The predicted molar refractivity (Wildman–Crippen MR) is 48.1 cm³/mol. The molecule has 0 spiro atoms. The molecule has 0 aromatic heterocycles. The Labute approximate surface area is 78.5 Å². The summed E-state index contributed by atoms with van der Waals surface area (Å²) >= 11 is 0. The first-order valence-corrected chi connectivity index (χ1v) is 4.66. The molecule has 0 N–H and O–H groups in total. The summed E-state index contributed by atoms with van der Waals surface area (Å²) < 4.78 is 4.61. The molecule has 0 aliphatic heterocycles. The van der Waals surface area contributed by atoms with E-state index >= 15 is 0 Å². The number of methoxy groups -OCH3 is 1. The van der Waals surface area contributed by atoms with Crippen molar-refractivity contribution in [1.29, 1.82) is 0 Å². The van der Waals surface area contributed by atoms with Gasteiger partial charge in [0.2, 0.25) is 0 Å². The van der Waals surface area contributed by atoms with Crippen LogP contribution in [0.15, 0.2) is 0 Å². The van der Waals surface area contributed by atoms with E-state index < -0.39 is 5.92 Å². The molecule has 1 aliphatic rings. The van der Waals surface area contributed by atoms with Gasteiger partial charge in [-0.25, -0.2) is 0 Å². The number of ketones is 1. The Morgan fingerprint density at radius 2 is 2.08 bits per heavy atom. The van der Waals surface area contributed by atoms with Crippen molar-refractivity contribution in [2.75, 3.05) is 7.11 Å². The highest BCUT2D eigenvalue weighted by Gasteiger charge is 2.37. The summed E-state index contributed by atoms with van der Waals surface area (Å²) in [7, 11) is 1.33. The first kappa shape index (κ1) is 10.2. The summed E-state index contributed by atoms with van der Waals surface area (Å²) in [6.45, 7) is 3.98. The molecular weight excluding hydrogens is 168 g/mol. The minimum Gasteiger partial charge on any atom is -0.468 e. The highest BCUT2D eigenvalue weighted by Crippen LogP contribution is 2.31. The Bertz CT molecular complexity index is 222. The molecular formula is C10H16O3. The molecule has 0 saturated heterocycles. The number of rotatable bonds is 1. The summed E-state index contributed by atoms with van der Waals surface area (Å²) in [5.41, 5.74) is 0. The molecule has 3 nitrogen and oxygen atoms in total. The normalized spacial score (nSPS) is 34.4. The monoisotopic (exact) mass is 184 g/mol. The third kappa shape index (κ3) is 2.08. The lowest BCUT2D eigenvalue weighted by atomic mass is 9.75. The van der Waals surface area contributed by atoms with Crippen LogP contribution >= 0.6 is 0 Å². The van der Waals surface area contributed by atoms with Crippen LogP contribution in [0.4, 0.5) is 0 Å². The lowest BCUT2D eigenvalue weighted by molar-refractivity contribution is -0.153. The van der Waals surface area contributed by atoms with Crippen LogP contribution in [0.25, 0.3) is 0 Å². The number of hydrogen-bond donors (Lipinski definition) is 0. The van der Waals surface area contributed by atoms with Crippen molar-refractivity contribution < 1.29 is 14.3 Å². The summed E-state index contributed by atoms with van der Waals surface area (Å²) in [5, 5.41) is 0. The van der Waals surface area contributed by atoms with Crippen LogP contribution in [0.1, 0.15) is 26.7 Å². The van der Waals surface area contributed by atoms with Gasteiger partial charge in [-0.2, -0.15) is 0 Å². The van der Waals surface area contributed by atoms with Gasteiger partial charge in [-0.1, -0.05) is 13.8 Å². The van der Waals surface area contributed by atoms with Gasteiger partial charge in [-0.05, 0) is 18.3 Å². The van der Waals surface area contributed by atoms with Crippen molar-refractivity contribution in [3.8, 4) is 0 Å². The largest absolute Gasteiger partial charge is 0.468 e. The average Bonchev–Trinajstić information content (AvgIpc) is 2.02. The smallest absolute Gasteiger partial charge is 0.316 e. The Morgan fingerprint density at radius 1 is 1.46 bits per heavy atom. The van der Waals surface area contributed by atoms with Gasteiger partial charge in [0.05, 0.1) is 7.11 Å². The van der Waals surface area contributed by atoms with Crippen molar-refractivity contribution in [3.63, 3.8) is 0 Å². The maximum absolute atomic E-state index is 11.5. The number of hydrogen-bond acceptors (Lipinski definition) is 3. The van der Waals surface area contributed by atoms with Crippen LogP contribution in [0.2, 0.25) is 0 Å². The topological polar surface area (TPSA) is 43.4 Å². The molecule has 1 saturated carbocycles. The molecule has 0 amide bonds. The first-order valence-electron chi connectivity index (χ1n) is 4.66. The summed E-state index contributed by atoms with van der Waals surface area (Å²) in [6.07, 6.45) is 1.45. The Balaban J connectivity index is 2.72. The standard InChI is InChI=1S/C10H16O3/c1-6-4-7(2)9(8(11)5-6)10(12)13-3/h6-7,9H,4-5H2,1-3H3/t6-,7+,9?/m1/s1. The van der Waals surface area contributed by atoms with Gasteiger partial charge in [0.1, 0.15) is 11.7 Å². The minimum absolute atomic E-state index is 0.0399. The Kier molecular flexibility index (Phi) is 3.07. The SMILES string of the molecule is COC(=O)C1C(=O)C[C@H](C)C[C@@H]1C. The van der Waals surface area contributed by atoms with Crippen molar-refractivity contribution in [2.24, 2.45) is 17.8 Å². The van der Waals surface area contributed by atoms with E-state index in [4.69, 9.17) is 0 Å². The van der Waals surface area contributed by atoms with Crippen molar-refractivity contribution >= 4 is 11.8 Å². The second-order valence-electron chi connectivity index (χ2n) is 3.99. The third-order valence-corrected chi connectivity index (χ3v) is 2.69. The third-order valence-electron chi connectivity index (χ3n) is 2.69. The maximum atomic E-state index is 11.5. The van der Waals surface area contributed by atoms with Crippen LogP contribution in [0.5, 0.6) is 0 Å². The summed E-state index contributed by atoms with van der Waals surface area (Å²) in [4.78, 5) is 22.8. The van der Waals surface area contributed by atoms with E-state index in [0.29, 0.717) is 12.3 Å². The highest BCUT2D eigenvalue weighted by atomic mass is 16.5. The van der Waals surface area contributed by atoms with Crippen molar-refractivity contribution in [3.05, 3.63) is 0 Å². The van der Waals surface area contributed by atoms with E-state index in [2.05, 4.69) is 4.74 Å². The molecule has 0 aromatic rings. The van der Waals surface area contributed by atoms with Gasteiger partial charge in [-0.3, -0.25) is 9.59 Å². The van der Waals surface area contributed by atoms with E-state index in [0.717, 1.165) is 6.42 Å². The maximum Gasteiger partial charge on any atom is 0.316 e. The molecule has 1 fully saturated rings.